The average molecular weight is 269 g/mol. The van der Waals surface area contributed by atoms with Crippen LogP contribution in [0.3, 0.4) is 0 Å². The first-order chi connectivity index (χ1) is 9.01. The van der Waals surface area contributed by atoms with Crippen molar-refractivity contribution in [3.8, 4) is 11.5 Å². The molecule has 0 spiro atoms. The SMILES string of the molecule is COc1cc([N+](=O)[O-])cc([C@@H](N)CCCCN)c1O. The molecular weight excluding hydrogens is 250 g/mol. The standard InChI is InChI=1S/C12H19N3O4/c1-19-11-7-8(15(17)18)6-9(12(11)16)10(14)4-2-3-5-13/h6-7,10,16H,2-5,13-14H2,1H3/t10-/m0/s1. The molecule has 1 rings (SSSR count). The van der Waals surface area contributed by atoms with Crippen molar-refractivity contribution in [3.63, 3.8) is 0 Å². The Kier molecular flexibility index (Phi) is 5.53. The molecule has 0 saturated carbocycles. The molecule has 19 heavy (non-hydrogen) atoms. The van der Waals surface area contributed by atoms with E-state index in [0.29, 0.717) is 18.5 Å². The van der Waals surface area contributed by atoms with E-state index in [9.17, 15) is 15.2 Å². The highest BCUT2D eigenvalue weighted by molar-refractivity contribution is 5.54. The lowest BCUT2D eigenvalue weighted by Crippen LogP contribution is -2.12. The number of phenols is 1. The number of methoxy groups -OCH3 is 1. The number of phenolic OH excluding ortho intramolecular Hbond substituents is 1. The number of non-ortho nitro benzene ring substituents is 1. The summed E-state index contributed by atoms with van der Waals surface area (Å²) in [5.41, 5.74) is 11.5. The van der Waals surface area contributed by atoms with Gasteiger partial charge in [-0.2, -0.15) is 0 Å². The Bertz CT molecular complexity index is 451. The first-order valence-corrected chi connectivity index (χ1v) is 6.02. The normalized spacial score (nSPS) is 12.2. The molecule has 7 heteroatoms. The Labute approximate surface area is 111 Å². The van der Waals surface area contributed by atoms with Crippen molar-refractivity contribution >= 4 is 5.69 Å². The number of nitro benzene ring substituents is 1. The summed E-state index contributed by atoms with van der Waals surface area (Å²) >= 11 is 0. The zero-order valence-corrected chi connectivity index (χ0v) is 10.8. The minimum atomic E-state index is -0.544. The first kappa shape index (κ1) is 15.2. The van der Waals surface area contributed by atoms with Crippen molar-refractivity contribution in [2.45, 2.75) is 25.3 Å². The number of ether oxygens (including phenoxy) is 1. The van der Waals surface area contributed by atoms with Crippen LogP contribution in [0.4, 0.5) is 5.69 Å². The molecular formula is C12H19N3O4. The minimum Gasteiger partial charge on any atom is -0.504 e. The zero-order chi connectivity index (χ0) is 14.4. The van der Waals surface area contributed by atoms with Crippen LogP contribution in [0.15, 0.2) is 12.1 Å². The Morgan fingerprint density at radius 2 is 2.16 bits per heavy atom. The molecule has 0 aliphatic rings. The summed E-state index contributed by atoms with van der Waals surface area (Å²) in [5.74, 6) is -0.0909. The molecule has 0 amide bonds. The molecule has 1 atom stereocenters. The third-order valence-electron chi connectivity index (χ3n) is 2.89. The summed E-state index contributed by atoms with van der Waals surface area (Å²) in [5, 5.41) is 20.8. The monoisotopic (exact) mass is 269 g/mol. The highest BCUT2D eigenvalue weighted by Crippen LogP contribution is 2.38. The van der Waals surface area contributed by atoms with E-state index in [1.165, 1.54) is 19.2 Å². The second-order valence-corrected chi connectivity index (χ2v) is 4.23. The third kappa shape index (κ3) is 3.80. The maximum Gasteiger partial charge on any atom is 0.273 e. The number of unbranched alkanes of at least 4 members (excludes halogenated alkanes) is 1. The molecule has 0 radical (unpaired) electrons. The fourth-order valence-electron chi connectivity index (χ4n) is 1.82. The van der Waals surface area contributed by atoms with Gasteiger partial charge in [0.25, 0.3) is 5.69 Å². The number of aromatic hydroxyl groups is 1. The fraction of sp³-hybridized carbons (Fsp3) is 0.500. The topological polar surface area (TPSA) is 125 Å². The molecule has 5 N–H and O–H groups in total. The lowest BCUT2D eigenvalue weighted by molar-refractivity contribution is -0.385. The van der Waals surface area contributed by atoms with Gasteiger partial charge in [0.15, 0.2) is 11.5 Å². The van der Waals surface area contributed by atoms with Crippen molar-refractivity contribution < 1.29 is 14.8 Å². The number of rotatable bonds is 7. The van der Waals surface area contributed by atoms with E-state index in [1.807, 2.05) is 0 Å². The number of benzene rings is 1. The van der Waals surface area contributed by atoms with Crippen molar-refractivity contribution in [1.82, 2.24) is 0 Å². The van der Waals surface area contributed by atoms with Crippen LogP contribution >= 0.6 is 0 Å². The summed E-state index contributed by atoms with van der Waals surface area (Å²) in [6.07, 6.45) is 2.21. The molecule has 0 unspecified atom stereocenters. The smallest absolute Gasteiger partial charge is 0.273 e. The Hall–Kier alpha value is -1.86. The van der Waals surface area contributed by atoms with Crippen LogP contribution in [0.25, 0.3) is 0 Å². The summed E-state index contributed by atoms with van der Waals surface area (Å²) in [7, 11) is 1.34. The molecule has 0 saturated heterocycles. The van der Waals surface area contributed by atoms with Gasteiger partial charge in [-0.05, 0) is 19.4 Å². The predicted molar refractivity (Wildman–Crippen MR) is 71.1 cm³/mol. The van der Waals surface area contributed by atoms with E-state index in [0.717, 1.165) is 12.8 Å². The number of nitro groups is 1. The Morgan fingerprint density at radius 1 is 1.47 bits per heavy atom. The van der Waals surface area contributed by atoms with E-state index >= 15 is 0 Å². The quantitative estimate of drug-likeness (QED) is 0.390. The van der Waals surface area contributed by atoms with Crippen molar-refractivity contribution in [1.29, 1.82) is 0 Å². The largest absolute Gasteiger partial charge is 0.504 e. The van der Waals surface area contributed by atoms with Gasteiger partial charge < -0.3 is 21.3 Å². The van der Waals surface area contributed by atoms with Crippen LogP contribution in [0.1, 0.15) is 30.9 Å². The van der Waals surface area contributed by atoms with Gasteiger partial charge in [0, 0.05) is 17.7 Å². The second kappa shape index (κ2) is 6.91. The van der Waals surface area contributed by atoms with E-state index < -0.39 is 11.0 Å². The number of nitrogens with zero attached hydrogens (tertiary/aromatic N) is 1. The highest BCUT2D eigenvalue weighted by atomic mass is 16.6. The molecule has 0 aliphatic heterocycles. The summed E-state index contributed by atoms with van der Waals surface area (Å²) in [4.78, 5) is 10.3. The molecule has 0 heterocycles. The van der Waals surface area contributed by atoms with Gasteiger partial charge in [-0.25, -0.2) is 0 Å². The number of nitrogens with two attached hydrogens (primary N) is 2. The number of hydrogen-bond acceptors (Lipinski definition) is 6. The van der Waals surface area contributed by atoms with Gasteiger partial charge in [0.2, 0.25) is 0 Å². The molecule has 1 aromatic carbocycles. The lowest BCUT2D eigenvalue weighted by atomic mass is 10.00. The van der Waals surface area contributed by atoms with E-state index in [-0.39, 0.29) is 17.2 Å². The van der Waals surface area contributed by atoms with Gasteiger partial charge in [-0.15, -0.1) is 0 Å². The van der Waals surface area contributed by atoms with E-state index in [4.69, 9.17) is 16.2 Å². The second-order valence-electron chi connectivity index (χ2n) is 4.23. The summed E-state index contributed by atoms with van der Waals surface area (Å²) in [6, 6.07) is 1.97. The maximum absolute atomic E-state index is 10.8. The highest BCUT2D eigenvalue weighted by Gasteiger charge is 2.20. The van der Waals surface area contributed by atoms with Crippen molar-refractivity contribution in [2.75, 3.05) is 13.7 Å². The van der Waals surface area contributed by atoms with Crippen LogP contribution in [0.5, 0.6) is 11.5 Å². The molecule has 0 bridgehead atoms. The average Bonchev–Trinajstić information content (AvgIpc) is 2.38. The van der Waals surface area contributed by atoms with Crippen molar-refractivity contribution in [2.24, 2.45) is 11.5 Å². The molecule has 0 aliphatic carbocycles. The van der Waals surface area contributed by atoms with Crippen molar-refractivity contribution in [3.05, 3.63) is 27.8 Å². The van der Waals surface area contributed by atoms with Gasteiger partial charge in [-0.1, -0.05) is 6.42 Å². The number of hydrogen-bond donors (Lipinski definition) is 3. The van der Waals surface area contributed by atoms with Gasteiger partial charge in [-0.3, -0.25) is 10.1 Å². The van der Waals surface area contributed by atoms with Crippen LogP contribution in [0, 0.1) is 10.1 Å². The fourth-order valence-corrected chi connectivity index (χ4v) is 1.82. The third-order valence-corrected chi connectivity index (χ3v) is 2.89. The molecule has 0 fully saturated rings. The maximum atomic E-state index is 10.8. The molecule has 1 aromatic rings. The first-order valence-electron chi connectivity index (χ1n) is 6.02. The minimum absolute atomic E-state index is 0.0541. The molecule has 7 nitrogen and oxygen atoms in total. The Morgan fingerprint density at radius 3 is 2.68 bits per heavy atom. The van der Waals surface area contributed by atoms with Crippen LogP contribution in [-0.4, -0.2) is 23.7 Å². The predicted octanol–water partition coefficient (Wildman–Crippen LogP) is 1.44. The lowest BCUT2D eigenvalue weighted by Gasteiger charge is -2.15. The van der Waals surface area contributed by atoms with Gasteiger partial charge in [0.1, 0.15) is 0 Å². The van der Waals surface area contributed by atoms with Crippen LogP contribution < -0.4 is 16.2 Å². The Balaban J connectivity index is 3.03. The summed E-state index contributed by atoms with van der Waals surface area (Å²) in [6.45, 7) is 0.566. The summed E-state index contributed by atoms with van der Waals surface area (Å²) < 4.78 is 4.92. The molecule has 0 aromatic heterocycles. The van der Waals surface area contributed by atoms with Crippen LogP contribution in [-0.2, 0) is 0 Å². The van der Waals surface area contributed by atoms with E-state index in [2.05, 4.69) is 0 Å². The van der Waals surface area contributed by atoms with Gasteiger partial charge in [0.05, 0.1) is 18.1 Å². The van der Waals surface area contributed by atoms with Crippen LogP contribution in [0.2, 0.25) is 0 Å². The molecule has 106 valence electrons. The zero-order valence-electron chi connectivity index (χ0n) is 10.8. The van der Waals surface area contributed by atoms with E-state index in [1.54, 1.807) is 0 Å². The van der Waals surface area contributed by atoms with Gasteiger partial charge >= 0.3 is 0 Å².